The molecule has 0 radical (unpaired) electrons. The molecule has 0 aliphatic rings. The van der Waals surface area contributed by atoms with Gasteiger partial charge in [-0.05, 0) is 0 Å². The average molecular weight is 107 g/mol. The first-order valence-electron chi connectivity index (χ1n) is 1.92. The minimum Gasteiger partial charge on any atom is -0.364 e. The summed E-state index contributed by atoms with van der Waals surface area (Å²) < 4.78 is 11.1. The van der Waals surface area contributed by atoms with Gasteiger partial charge in [0.1, 0.15) is 6.61 Å². The molecular weight excluding hydrogens is 101 g/mol. The fourth-order valence-corrected chi connectivity index (χ4v) is 0.156. The van der Waals surface area contributed by atoms with Gasteiger partial charge in [-0.15, -0.1) is 4.91 Å². The van der Waals surface area contributed by atoms with Crippen LogP contribution in [0, 0.1) is 4.91 Å². The summed E-state index contributed by atoms with van der Waals surface area (Å²) in [5.41, 5.74) is 0. The van der Waals surface area contributed by atoms with Crippen LogP contribution in [-0.2, 0) is 4.84 Å². The first kappa shape index (κ1) is 6.33. The molecule has 3 nitrogen and oxygen atoms in total. The molecular formula is C3H6FNO2. The Morgan fingerprint density at radius 2 is 2.43 bits per heavy atom. The number of hydrogen-bond acceptors (Lipinski definition) is 3. The monoisotopic (exact) mass is 107 g/mol. The number of rotatable bonds is 4. The van der Waals surface area contributed by atoms with E-state index in [4.69, 9.17) is 4.91 Å². The third-order valence-electron chi connectivity index (χ3n) is 0.422. The molecule has 0 atom stereocenters. The Hall–Kier alpha value is -0.670. The largest absolute Gasteiger partial charge is 0.364 e. The summed E-state index contributed by atoms with van der Waals surface area (Å²) in [4.78, 5) is 13.0. The van der Waals surface area contributed by atoms with Crippen molar-refractivity contribution in [1.29, 1.82) is 0 Å². The standard InChI is InChI=1S/C3H6FNO2/c4-2-1-3-7-5-6/h1-3H2. The molecule has 0 unspecified atom stereocenters. The highest BCUT2D eigenvalue weighted by Gasteiger charge is 1.82. The summed E-state index contributed by atoms with van der Waals surface area (Å²) in [5.74, 6) is 0. The van der Waals surface area contributed by atoms with Crippen molar-refractivity contribution in [3.05, 3.63) is 4.91 Å². The van der Waals surface area contributed by atoms with E-state index in [0.29, 0.717) is 0 Å². The van der Waals surface area contributed by atoms with Crippen molar-refractivity contribution in [2.75, 3.05) is 13.3 Å². The maximum Gasteiger partial charge on any atom is 0.155 e. The summed E-state index contributed by atoms with van der Waals surface area (Å²) in [6, 6.07) is 0. The molecule has 0 aromatic heterocycles. The minimum absolute atomic E-state index is 0.0833. The molecule has 42 valence electrons. The van der Waals surface area contributed by atoms with E-state index < -0.39 is 6.67 Å². The maximum absolute atomic E-state index is 11.1. The first-order valence-corrected chi connectivity index (χ1v) is 1.92. The Balaban J connectivity index is 2.56. The molecule has 0 fully saturated rings. The first-order chi connectivity index (χ1) is 3.41. The lowest BCUT2D eigenvalue weighted by molar-refractivity contribution is 0.131. The lowest BCUT2D eigenvalue weighted by Crippen LogP contribution is -1.86. The summed E-state index contributed by atoms with van der Waals surface area (Å²) in [5, 5.41) is 2.06. The van der Waals surface area contributed by atoms with Crippen molar-refractivity contribution in [2.45, 2.75) is 6.42 Å². The van der Waals surface area contributed by atoms with Crippen LogP contribution in [0.25, 0.3) is 0 Å². The molecule has 0 N–H and O–H groups in total. The SMILES string of the molecule is O=NOCCCF. The van der Waals surface area contributed by atoms with Crippen molar-refractivity contribution < 1.29 is 9.23 Å². The second kappa shape index (κ2) is 5.33. The molecule has 0 aliphatic heterocycles. The van der Waals surface area contributed by atoms with Crippen LogP contribution in [0.15, 0.2) is 5.34 Å². The smallest absolute Gasteiger partial charge is 0.155 e. The van der Waals surface area contributed by atoms with Gasteiger partial charge in [-0.3, -0.25) is 4.39 Å². The molecule has 0 saturated heterocycles. The molecule has 0 aromatic carbocycles. The molecule has 7 heavy (non-hydrogen) atoms. The number of alkyl halides is 1. The average Bonchev–Trinajstić information content (AvgIpc) is 1.69. The zero-order chi connectivity index (χ0) is 5.54. The van der Waals surface area contributed by atoms with Crippen LogP contribution in [-0.4, -0.2) is 13.3 Å². The summed E-state index contributed by atoms with van der Waals surface area (Å²) in [6.45, 7) is -0.379. The lowest BCUT2D eigenvalue weighted by atomic mass is 10.5. The van der Waals surface area contributed by atoms with Crippen molar-refractivity contribution in [3.8, 4) is 0 Å². The van der Waals surface area contributed by atoms with Gasteiger partial charge in [-0.25, -0.2) is 0 Å². The zero-order valence-electron chi connectivity index (χ0n) is 3.76. The Kier molecular flexibility index (Phi) is 4.82. The number of halogens is 1. The summed E-state index contributed by atoms with van der Waals surface area (Å²) in [7, 11) is 0. The van der Waals surface area contributed by atoms with Gasteiger partial charge in [0.05, 0.1) is 6.67 Å². The highest BCUT2D eigenvalue weighted by atomic mass is 19.1. The third kappa shape index (κ3) is 5.33. The molecule has 0 saturated carbocycles. The van der Waals surface area contributed by atoms with E-state index in [9.17, 15) is 4.39 Å². The van der Waals surface area contributed by atoms with E-state index in [1.165, 1.54) is 0 Å². The Morgan fingerprint density at radius 1 is 1.71 bits per heavy atom. The minimum atomic E-state index is -0.463. The second-order valence-electron chi connectivity index (χ2n) is 0.950. The molecule has 0 heterocycles. The molecule has 0 aromatic rings. The molecule has 0 aliphatic carbocycles. The Morgan fingerprint density at radius 3 is 2.86 bits per heavy atom. The molecule has 4 heteroatoms. The lowest BCUT2D eigenvalue weighted by Gasteiger charge is -1.86. The van der Waals surface area contributed by atoms with E-state index in [1.807, 2.05) is 0 Å². The van der Waals surface area contributed by atoms with Gasteiger partial charge in [0.2, 0.25) is 0 Å². The maximum atomic E-state index is 11.1. The quantitative estimate of drug-likeness (QED) is 0.306. The van der Waals surface area contributed by atoms with Gasteiger partial charge in [0, 0.05) is 6.42 Å². The number of nitrogens with zero attached hydrogens (tertiary/aromatic N) is 1. The third-order valence-corrected chi connectivity index (χ3v) is 0.422. The van der Waals surface area contributed by atoms with Crippen LogP contribution in [0.3, 0.4) is 0 Å². The van der Waals surface area contributed by atoms with Gasteiger partial charge >= 0.3 is 0 Å². The van der Waals surface area contributed by atoms with Crippen LogP contribution >= 0.6 is 0 Å². The van der Waals surface area contributed by atoms with Gasteiger partial charge in [-0.1, -0.05) is 0 Å². The number of hydrogen-bond donors (Lipinski definition) is 0. The highest BCUT2D eigenvalue weighted by molar-refractivity contribution is 4.26. The fourth-order valence-electron chi connectivity index (χ4n) is 0.156. The van der Waals surface area contributed by atoms with E-state index in [0.717, 1.165) is 0 Å². The fraction of sp³-hybridized carbons (Fsp3) is 1.00. The van der Waals surface area contributed by atoms with Crippen LogP contribution in [0.4, 0.5) is 4.39 Å². The predicted octanol–water partition coefficient (Wildman–Crippen LogP) is 1.04. The van der Waals surface area contributed by atoms with Crippen LogP contribution in [0.2, 0.25) is 0 Å². The predicted molar refractivity (Wildman–Crippen MR) is 22.3 cm³/mol. The van der Waals surface area contributed by atoms with Crippen LogP contribution in [0.5, 0.6) is 0 Å². The van der Waals surface area contributed by atoms with Crippen LogP contribution < -0.4 is 0 Å². The van der Waals surface area contributed by atoms with E-state index in [2.05, 4.69) is 10.2 Å². The van der Waals surface area contributed by atoms with Crippen molar-refractivity contribution in [1.82, 2.24) is 0 Å². The van der Waals surface area contributed by atoms with Gasteiger partial charge in [0.25, 0.3) is 0 Å². The van der Waals surface area contributed by atoms with Crippen molar-refractivity contribution in [2.24, 2.45) is 5.34 Å². The molecule has 0 bridgehead atoms. The molecule has 0 amide bonds. The highest BCUT2D eigenvalue weighted by Crippen LogP contribution is 1.81. The molecule has 0 spiro atoms. The van der Waals surface area contributed by atoms with Gasteiger partial charge < -0.3 is 4.84 Å². The van der Waals surface area contributed by atoms with Crippen molar-refractivity contribution >= 4 is 0 Å². The van der Waals surface area contributed by atoms with Gasteiger partial charge in [0.15, 0.2) is 5.34 Å². The second-order valence-corrected chi connectivity index (χ2v) is 0.950. The van der Waals surface area contributed by atoms with Crippen LogP contribution in [0.1, 0.15) is 6.42 Å². The zero-order valence-corrected chi connectivity index (χ0v) is 3.76. The Bertz CT molecular complexity index is 50.2. The summed E-state index contributed by atoms with van der Waals surface area (Å²) >= 11 is 0. The van der Waals surface area contributed by atoms with E-state index >= 15 is 0 Å². The normalized spacial score (nSPS) is 8.14. The van der Waals surface area contributed by atoms with E-state index in [-0.39, 0.29) is 13.0 Å². The van der Waals surface area contributed by atoms with Crippen molar-refractivity contribution in [3.63, 3.8) is 0 Å². The Labute approximate surface area is 40.4 Å². The van der Waals surface area contributed by atoms with E-state index in [1.54, 1.807) is 0 Å². The summed E-state index contributed by atoms with van der Waals surface area (Å²) in [6.07, 6.45) is 0.242. The topological polar surface area (TPSA) is 38.7 Å². The molecule has 0 rings (SSSR count). The van der Waals surface area contributed by atoms with Gasteiger partial charge in [-0.2, -0.15) is 0 Å².